The van der Waals surface area contributed by atoms with Crippen LogP contribution in [-0.2, 0) is 20.8 Å². The quantitative estimate of drug-likeness (QED) is 0.376. The zero-order valence-electron chi connectivity index (χ0n) is 15.6. The van der Waals surface area contributed by atoms with Crippen LogP contribution in [0.3, 0.4) is 0 Å². The Morgan fingerprint density at radius 1 is 1.39 bits per heavy atom. The summed E-state index contributed by atoms with van der Waals surface area (Å²) in [5.41, 5.74) is 6.08. The number of aromatic nitrogens is 2. The van der Waals surface area contributed by atoms with Gasteiger partial charge in [0, 0.05) is 24.9 Å². The minimum atomic E-state index is -0.914. The largest absolute Gasteiger partial charge is 0.368 e. The second-order valence-electron chi connectivity index (χ2n) is 7.04. The highest BCUT2D eigenvalue weighted by atomic mass is 16.2. The van der Waals surface area contributed by atoms with Gasteiger partial charge in [0.1, 0.15) is 18.1 Å². The number of nitrogens with one attached hydrogen (secondary N) is 4. The molecule has 152 valence electrons. The lowest BCUT2D eigenvalue weighted by Crippen LogP contribution is -2.57. The number of imidazole rings is 1. The predicted molar refractivity (Wildman–Crippen MR) is 97.7 cm³/mol. The summed E-state index contributed by atoms with van der Waals surface area (Å²) in [6.45, 7) is 2.26. The molecule has 2 aliphatic heterocycles. The highest BCUT2D eigenvalue weighted by Gasteiger charge is 2.40. The van der Waals surface area contributed by atoms with Crippen molar-refractivity contribution in [2.75, 3.05) is 6.54 Å². The van der Waals surface area contributed by atoms with E-state index in [2.05, 4.69) is 25.9 Å². The van der Waals surface area contributed by atoms with Crippen molar-refractivity contribution in [3.8, 4) is 0 Å². The van der Waals surface area contributed by atoms with Crippen molar-refractivity contribution in [1.29, 1.82) is 0 Å². The van der Waals surface area contributed by atoms with Crippen LogP contribution < -0.4 is 21.7 Å². The molecule has 2 unspecified atom stereocenters. The molecule has 11 nitrogen and oxygen atoms in total. The third-order valence-corrected chi connectivity index (χ3v) is 5.19. The Labute approximate surface area is 161 Å². The van der Waals surface area contributed by atoms with Crippen LogP contribution in [-0.4, -0.2) is 69.3 Å². The van der Waals surface area contributed by atoms with Crippen molar-refractivity contribution in [2.24, 2.45) is 5.73 Å². The molecule has 2 aliphatic rings. The molecule has 0 saturated carbocycles. The van der Waals surface area contributed by atoms with Crippen molar-refractivity contribution < 1.29 is 19.2 Å². The van der Waals surface area contributed by atoms with Gasteiger partial charge >= 0.3 is 6.03 Å². The van der Waals surface area contributed by atoms with Gasteiger partial charge in [-0.2, -0.15) is 0 Å². The Kier molecular flexibility index (Phi) is 5.81. The van der Waals surface area contributed by atoms with Crippen LogP contribution >= 0.6 is 0 Å². The van der Waals surface area contributed by atoms with Crippen molar-refractivity contribution in [3.05, 3.63) is 18.2 Å². The number of hydrogen-bond donors (Lipinski definition) is 5. The molecule has 2 fully saturated rings. The number of urea groups is 1. The SMILES string of the molecule is CCC1NC(=O)NC1C(=O)N[C@@H](Cc1cnc[nH]1)C(=O)N1CCC[C@H]1C(N)=O. The molecule has 0 aromatic carbocycles. The lowest BCUT2D eigenvalue weighted by Gasteiger charge is -2.28. The van der Waals surface area contributed by atoms with E-state index in [9.17, 15) is 19.2 Å². The Balaban J connectivity index is 1.77. The number of primary amides is 1. The molecule has 1 aromatic rings. The molecule has 3 rings (SSSR count). The average molecular weight is 391 g/mol. The molecule has 0 spiro atoms. The van der Waals surface area contributed by atoms with Crippen LogP contribution in [0.4, 0.5) is 4.79 Å². The predicted octanol–water partition coefficient (Wildman–Crippen LogP) is -1.63. The number of rotatable bonds is 7. The van der Waals surface area contributed by atoms with E-state index in [1.54, 1.807) is 6.20 Å². The highest BCUT2D eigenvalue weighted by molar-refractivity contribution is 5.96. The number of aromatic amines is 1. The maximum Gasteiger partial charge on any atom is 0.315 e. The van der Waals surface area contributed by atoms with Gasteiger partial charge in [-0.3, -0.25) is 14.4 Å². The van der Waals surface area contributed by atoms with Gasteiger partial charge < -0.3 is 31.6 Å². The number of amides is 5. The molecule has 28 heavy (non-hydrogen) atoms. The summed E-state index contributed by atoms with van der Waals surface area (Å²) < 4.78 is 0. The van der Waals surface area contributed by atoms with Gasteiger partial charge in [0.25, 0.3) is 0 Å². The highest BCUT2D eigenvalue weighted by Crippen LogP contribution is 2.19. The summed E-state index contributed by atoms with van der Waals surface area (Å²) in [5.74, 6) is -1.40. The fraction of sp³-hybridized carbons (Fsp3) is 0.588. The third-order valence-electron chi connectivity index (χ3n) is 5.19. The molecule has 11 heteroatoms. The Hall–Kier alpha value is -3.11. The van der Waals surface area contributed by atoms with E-state index in [-0.39, 0.29) is 18.4 Å². The number of hydrogen-bond acceptors (Lipinski definition) is 5. The van der Waals surface area contributed by atoms with E-state index < -0.39 is 36.0 Å². The Morgan fingerprint density at radius 2 is 2.18 bits per heavy atom. The second kappa shape index (κ2) is 8.28. The number of nitrogens with zero attached hydrogens (tertiary/aromatic N) is 2. The first-order chi connectivity index (χ1) is 13.4. The van der Waals surface area contributed by atoms with Gasteiger partial charge in [-0.1, -0.05) is 6.92 Å². The fourth-order valence-electron chi connectivity index (χ4n) is 3.73. The molecule has 0 aliphatic carbocycles. The number of nitrogens with two attached hydrogens (primary N) is 1. The fourth-order valence-corrected chi connectivity index (χ4v) is 3.73. The summed E-state index contributed by atoms with van der Waals surface area (Å²) >= 11 is 0. The van der Waals surface area contributed by atoms with E-state index in [0.29, 0.717) is 31.5 Å². The van der Waals surface area contributed by atoms with Crippen molar-refractivity contribution in [3.63, 3.8) is 0 Å². The molecular formula is C17H25N7O4. The van der Waals surface area contributed by atoms with Crippen LogP contribution in [0.1, 0.15) is 31.9 Å². The van der Waals surface area contributed by atoms with Gasteiger partial charge in [-0.05, 0) is 19.3 Å². The van der Waals surface area contributed by atoms with Crippen molar-refractivity contribution in [1.82, 2.24) is 30.8 Å². The summed E-state index contributed by atoms with van der Waals surface area (Å²) in [7, 11) is 0. The lowest BCUT2D eigenvalue weighted by atomic mass is 10.0. The molecule has 6 N–H and O–H groups in total. The molecule has 1 aromatic heterocycles. The van der Waals surface area contributed by atoms with Gasteiger partial charge in [0.15, 0.2) is 0 Å². The molecule has 4 atom stereocenters. The maximum absolute atomic E-state index is 13.1. The van der Waals surface area contributed by atoms with Gasteiger partial charge in [0.2, 0.25) is 17.7 Å². The first kappa shape index (κ1) is 19.6. The van der Waals surface area contributed by atoms with E-state index in [0.717, 1.165) is 0 Å². The zero-order chi connectivity index (χ0) is 20.3. The minimum Gasteiger partial charge on any atom is -0.368 e. The van der Waals surface area contributed by atoms with Crippen LogP contribution in [0.5, 0.6) is 0 Å². The molecular weight excluding hydrogens is 366 g/mol. The lowest BCUT2D eigenvalue weighted by molar-refractivity contribution is -0.140. The van der Waals surface area contributed by atoms with Gasteiger partial charge in [-0.15, -0.1) is 0 Å². The topological polar surface area (TPSA) is 162 Å². The smallest absolute Gasteiger partial charge is 0.315 e. The number of carbonyl (C=O) groups is 4. The summed E-state index contributed by atoms with van der Waals surface area (Å²) in [5, 5.41) is 7.98. The third kappa shape index (κ3) is 4.07. The minimum absolute atomic E-state index is 0.178. The molecule has 5 amide bonds. The zero-order valence-corrected chi connectivity index (χ0v) is 15.6. The van der Waals surface area contributed by atoms with Gasteiger partial charge in [-0.25, -0.2) is 9.78 Å². The first-order valence-corrected chi connectivity index (χ1v) is 9.35. The molecule has 2 saturated heterocycles. The molecule has 3 heterocycles. The monoisotopic (exact) mass is 391 g/mol. The second-order valence-corrected chi connectivity index (χ2v) is 7.04. The van der Waals surface area contributed by atoms with Crippen molar-refractivity contribution in [2.45, 2.75) is 56.8 Å². The number of likely N-dealkylation sites (tertiary alicyclic amines) is 1. The van der Waals surface area contributed by atoms with Gasteiger partial charge in [0.05, 0.1) is 12.4 Å². The van der Waals surface area contributed by atoms with Crippen LogP contribution in [0.2, 0.25) is 0 Å². The Bertz CT molecular complexity index is 751. The van der Waals surface area contributed by atoms with E-state index in [1.165, 1.54) is 11.2 Å². The molecule has 0 radical (unpaired) electrons. The average Bonchev–Trinajstić information content (AvgIpc) is 3.40. The number of H-pyrrole nitrogens is 1. The van der Waals surface area contributed by atoms with E-state index in [1.807, 2.05) is 6.92 Å². The van der Waals surface area contributed by atoms with Crippen LogP contribution in [0.15, 0.2) is 12.5 Å². The summed E-state index contributed by atoms with van der Waals surface area (Å²) in [6, 6.07) is -3.15. The van der Waals surface area contributed by atoms with Crippen molar-refractivity contribution >= 4 is 23.8 Å². The standard InChI is InChI=1S/C17H25N7O4/c1-2-10-13(23-17(28)22-10)15(26)21-11(6-9-7-19-8-20-9)16(27)24-5-3-4-12(24)14(18)25/h7-8,10-13H,2-6H2,1H3,(H2,18,25)(H,19,20)(H,21,26)(H2,22,23,28)/t10?,11-,12-,13?/m0/s1. The van der Waals surface area contributed by atoms with Crippen LogP contribution in [0.25, 0.3) is 0 Å². The van der Waals surface area contributed by atoms with Crippen LogP contribution in [0, 0.1) is 0 Å². The Morgan fingerprint density at radius 3 is 2.82 bits per heavy atom. The first-order valence-electron chi connectivity index (χ1n) is 9.35. The van der Waals surface area contributed by atoms with E-state index in [4.69, 9.17) is 5.73 Å². The van der Waals surface area contributed by atoms with E-state index >= 15 is 0 Å². The number of carbonyl (C=O) groups excluding carboxylic acids is 4. The summed E-state index contributed by atoms with van der Waals surface area (Å²) in [4.78, 5) is 57.4. The maximum atomic E-state index is 13.1. The normalized spacial score (nSPS) is 25.1. The molecule has 0 bridgehead atoms. The summed E-state index contributed by atoms with van der Waals surface area (Å²) in [6.07, 6.45) is 4.96.